The van der Waals surface area contributed by atoms with E-state index in [-0.39, 0.29) is 18.1 Å². The summed E-state index contributed by atoms with van der Waals surface area (Å²) < 4.78 is 26.7. The van der Waals surface area contributed by atoms with Crippen molar-refractivity contribution in [1.82, 2.24) is 9.29 Å². The quantitative estimate of drug-likeness (QED) is 0.814. The van der Waals surface area contributed by atoms with E-state index in [0.29, 0.717) is 4.90 Å². The molecule has 2 atom stereocenters. The summed E-state index contributed by atoms with van der Waals surface area (Å²) in [6.45, 7) is 0. The lowest BCUT2D eigenvalue weighted by atomic mass is 10.0. The van der Waals surface area contributed by atoms with Crippen LogP contribution in [-0.2, 0) is 10.0 Å². The van der Waals surface area contributed by atoms with Crippen LogP contribution in [0.4, 0.5) is 0 Å². The molecule has 0 radical (unpaired) electrons. The molecule has 3 rings (SSSR count). The standard InChI is InChI=1S/C11H17N3O2S/c12-8-5-9-1-2-10(6-8)14(9)17(15,16)11-3-4-13-7-11/h3-4,7-10,13H,1-2,5-6,12H2. The molecule has 0 saturated carbocycles. The molecule has 2 unspecified atom stereocenters. The fourth-order valence-electron chi connectivity index (χ4n) is 3.16. The fraction of sp³-hybridized carbons (Fsp3) is 0.636. The molecule has 5 nitrogen and oxygen atoms in total. The predicted octanol–water partition coefficient (Wildman–Crippen LogP) is 0.657. The third-order valence-corrected chi connectivity index (χ3v) is 5.85. The molecule has 3 N–H and O–H groups in total. The molecule has 2 bridgehead atoms. The molecule has 0 amide bonds. The molecule has 1 aromatic heterocycles. The molecule has 3 heterocycles. The number of fused-ring (bicyclic) bond motifs is 2. The average Bonchev–Trinajstić information content (AvgIpc) is 2.86. The zero-order valence-electron chi connectivity index (χ0n) is 9.54. The van der Waals surface area contributed by atoms with E-state index in [2.05, 4.69) is 4.98 Å². The Morgan fingerprint density at radius 3 is 2.47 bits per heavy atom. The minimum Gasteiger partial charge on any atom is -0.366 e. The number of hydrogen-bond acceptors (Lipinski definition) is 3. The molecule has 2 fully saturated rings. The number of nitrogens with one attached hydrogen (secondary N) is 1. The minimum absolute atomic E-state index is 0.101. The Morgan fingerprint density at radius 1 is 1.29 bits per heavy atom. The number of aromatic amines is 1. The lowest BCUT2D eigenvalue weighted by Crippen LogP contribution is -2.49. The first-order valence-electron chi connectivity index (χ1n) is 6.01. The number of nitrogens with zero attached hydrogens (tertiary/aromatic N) is 1. The highest BCUT2D eigenvalue weighted by molar-refractivity contribution is 7.89. The Morgan fingerprint density at radius 2 is 1.94 bits per heavy atom. The summed E-state index contributed by atoms with van der Waals surface area (Å²) in [5.74, 6) is 0. The second kappa shape index (κ2) is 3.83. The zero-order chi connectivity index (χ0) is 12.0. The van der Waals surface area contributed by atoms with E-state index >= 15 is 0 Å². The number of nitrogens with two attached hydrogens (primary N) is 1. The number of rotatable bonds is 2. The van der Waals surface area contributed by atoms with Gasteiger partial charge in [0.25, 0.3) is 0 Å². The van der Waals surface area contributed by atoms with Gasteiger partial charge < -0.3 is 10.7 Å². The highest BCUT2D eigenvalue weighted by atomic mass is 32.2. The molecule has 0 spiro atoms. The van der Waals surface area contributed by atoms with Gasteiger partial charge in [-0.25, -0.2) is 8.42 Å². The lowest BCUT2D eigenvalue weighted by molar-refractivity contribution is 0.227. The lowest BCUT2D eigenvalue weighted by Gasteiger charge is -2.36. The number of aromatic nitrogens is 1. The third-order valence-electron chi connectivity index (χ3n) is 3.85. The Balaban J connectivity index is 1.96. The van der Waals surface area contributed by atoms with E-state index in [1.54, 1.807) is 22.8 Å². The first-order chi connectivity index (χ1) is 8.09. The van der Waals surface area contributed by atoms with Gasteiger partial charge in [0.2, 0.25) is 10.0 Å². The van der Waals surface area contributed by atoms with Gasteiger partial charge in [-0.3, -0.25) is 0 Å². The maximum atomic E-state index is 12.5. The maximum Gasteiger partial charge on any atom is 0.245 e. The first-order valence-corrected chi connectivity index (χ1v) is 7.45. The molecule has 17 heavy (non-hydrogen) atoms. The molecular weight excluding hydrogens is 238 g/mol. The monoisotopic (exact) mass is 255 g/mol. The van der Waals surface area contributed by atoms with E-state index in [1.807, 2.05) is 0 Å². The van der Waals surface area contributed by atoms with Crippen LogP contribution in [0.5, 0.6) is 0 Å². The van der Waals surface area contributed by atoms with Gasteiger partial charge in [-0.2, -0.15) is 4.31 Å². The van der Waals surface area contributed by atoms with E-state index in [0.717, 1.165) is 25.7 Å². The topological polar surface area (TPSA) is 79.2 Å². The van der Waals surface area contributed by atoms with Crippen molar-refractivity contribution in [2.24, 2.45) is 5.73 Å². The summed E-state index contributed by atoms with van der Waals surface area (Å²) in [4.78, 5) is 3.17. The largest absolute Gasteiger partial charge is 0.366 e. The van der Waals surface area contributed by atoms with Crippen molar-refractivity contribution in [3.05, 3.63) is 18.5 Å². The predicted molar refractivity (Wildman–Crippen MR) is 63.8 cm³/mol. The molecule has 1 aromatic rings. The van der Waals surface area contributed by atoms with Crippen LogP contribution in [0.15, 0.2) is 23.4 Å². The van der Waals surface area contributed by atoms with Crippen molar-refractivity contribution in [3.63, 3.8) is 0 Å². The average molecular weight is 255 g/mol. The van der Waals surface area contributed by atoms with Crippen LogP contribution in [0.1, 0.15) is 25.7 Å². The van der Waals surface area contributed by atoms with Gasteiger partial charge in [0.15, 0.2) is 0 Å². The minimum atomic E-state index is -3.33. The van der Waals surface area contributed by atoms with Crippen molar-refractivity contribution >= 4 is 10.0 Å². The highest BCUT2D eigenvalue weighted by Gasteiger charge is 2.46. The van der Waals surface area contributed by atoms with Crippen LogP contribution in [-0.4, -0.2) is 35.8 Å². The van der Waals surface area contributed by atoms with Crippen molar-refractivity contribution in [1.29, 1.82) is 0 Å². The normalized spacial score (nSPS) is 34.1. The van der Waals surface area contributed by atoms with E-state index < -0.39 is 10.0 Å². The second-order valence-electron chi connectivity index (χ2n) is 5.00. The third kappa shape index (κ3) is 1.71. The summed E-state index contributed by atoms with van der Waals surface area (Å²) in [7, 11) is -3.33. The van der Waals surface area contributed by atoms with E-state index in [1.165, 1.54) is 0 Å². The van der Waals surface area contributed by atoms with Crippen LogP contribution in [0.25, 0.3) is 0 Å². The zero-order valence-corrected chi connectivity index (χ0v) is 10.4. The molecule has 2 saturated heterocycles. The van der Waals surface area contributed by atoms with Crippen molar-refractivity contribution in [3.8, 4) is 0 Å². The van der Waals surface area contributed by atoms with Gasteiger partial charge in [0, 0.05) is 30.5 Å². The summed E-state index contributed by atoms with van der Waals surface area (Å²) in [6, 6.07) is 1.97. The van der Waals surface area contributed by atoms with E-state index in [9.17, 15) is 8.42 Å². The second-order valence-corrected chi connectivity index (χ2v) is 6.84. The van der Waals surface area contributed by atoms with Crippen LogP contribution >= 0.6 is 0 Å². The maximum absolute atomic E-state index is 12.5. The molecule has 6 heteroatoms. The number of H-pyrrole nitrogens is 1. The van der Waals surface area contributed by atoms with Crippen LogP contribution in [0.2, 0.25) is 0 Å². The first kappa shape index (κ1) is 11.3. The Hall–Kier alpha value is -0.850. The smallest absolute Gasteiger partial charge is 0.245 e. The molecule has 2 aliphatic rings. The van der Waals surface area contributed by atoms with Gasteiger partial charge in [-0.05, 0) is 31.7 Å². The van der Waals surface area contributed by atoms with Gasteiger partial charge in [0.1, 0.15) is 0 Å². The van der Waals surface area contributed by atoms with Gasteiger partial charge in [-0.1, -0.05) is 0 Å². The number of piperidine rings is 1. The molecule has 0 aromatic carbocycles. The van der Waals surface area contributed by atoms with Gasteiger partial charge in [-0.15, -0.1) is 0 Å². The van der Waals surface area contributed by atoms with Crippen molar-refractivity contribution in [2.75, 3.05) is 0 Å². The van der Waals surface area contributed by atoms with Crippen molar-refractivity contribution < 1.29 is 8.42 Å². The van der Waals surface area contributed by atoms with Gasteiger partial charge in [0.05, 0.1) is 4.90 Å². The molecule has 0 aliphatic carbocycles. The van der Waals surface area contributed by atoms with Crippen LogP contribution in [0.3, 0.4) is 0 Å². The van der Waals surface area contributed by atoms with Crippen LogP contribution in [0, 0.1) is 0 Å². The summed E-state index contributed by atoms with van der Waals surface area (Å²) in [5, 5.41) is 0. The van der Waals surface area contributed by atoms with E-state index in [4.69, 9.17) is 5.73 Å². The molecular formula is C11H17N3O2S. The highest BCUT2D eigenvalue weighted by Crippen LogP contribution is 2.39. The van der Waals surface area contributed by atoms with Crippen molar-refractivity contribution in [2.45, 2.75) is 48.7 Å². The summed E-state index contributed by atoms with van der Waals surface area (Å²) in [6.07, 6.45) is 6.66. The Bertz CT molecular complexity index is 483. The fourth-order valence-corrected chi connectivity index (χ4v) is 5.03. The molecule has 94 valence electrons. The number of sulfonamides is 1. The Labute approximate surface area is 101 Å². The summed E-state index contributed by atoms with van der Waals surface area (Å²) in [5.41, 5.74) is 5.95. The SMILES string of the molecule is NC1CC2CCC(C1)N2S(=O)(=O)c1cc[nH]c1. The van der Waals surface area contributed by atoms with Crippen LogP contribution < -0.4 is 5.73 Å². The number of hydrogen-bond donors (Lipinski definition) is 2. The Kier molecular flexibility index (Phi) is 2.53. The molecule has 2 aliphatic heterocycles. The van der Waals surface area contributed by atoms with Gasteiger partial charge >= 0.3 is 0 Å². The summed E-state index contributed by atoms with van der Waals surface area (Å²) >= 11 is 0.